The van der Waals surface area contributed by atoms with Crippen molar-refractivity contribution in [2.45, 2.75) is 5.54 Å². The summed E-state index contributed by atoms with van der Waals surface area (Å²) in [4.78, 5) is 14.5. The number of carboxylic acids is 1. The van der Waals surface area contributed by atoms with Gasteiger partial charge in [-0.2, -0.15) is 10.2 Å². The van der Waals surface area contributed by atoms with E-state index in [1.807, 2.05) is 24.3 Å². The number of hydrogen-bond donors (Lipinski definition) is 2. The van der Waals surface area contributed by atoms with E-state index in [2.05, 4.69) is 15.2 Å². The third-order valence-corrected chi connectivity index (χ3v) is 2.92. The average Bonchev–Trinajstić information content (AvgIpc) is 2.95. The molecule has 0 fully saturated rings. The van der Waals surface area contributed by atoms with Crippen molar-refractivity contribution in [3.63, 3.8) is 0 Å². The second-order valence-corrected chi connectivity index (χ2v) is 3.85. The first-order chi connectivity index (χ1) is 8.24. The van der Waals surface area contributed by atoms with Crippen molar-refractivity contribution in [3.8, 4) is 0 Å². The highest BCUT2D eigenvalue weighted by Crippen LogP contribution is 2.36. The summed E-state index contributed by atoms with van der Waals surface area (Å²) in [6.45, 7) is 0. The summed E-state index contributed by atoms with van der Waals surface area (Å²) in [5.74, 6) is -1.03. The van der Waals surface area contributed by atoms with E-state index in [-0.39, 0.29) is 0 Å². The predicted octanol–water partition coefficient (Wildman–Crippen LogP) is 2.43. The van der Waals surface area contributed by atoms with Gasteiger partial charge >= 0.3 is 5.97 Å². The van der Waals surface area contributed by atoms with Gasteiger partial charge in [0, 0.05) is 28.9 Å². The van der Waals surface area contributed by atoms with E-state index < -0.39 is 11.5 Å². The van der Waals surface area contributed by atoms with E-state index in [0.717, 1.165) is 10.9 Å². The molecule has 0 amide bonds. The number of hydrogen-bond acceptors (Lipinski definition) is 3. The minimum absolute atomic E-state index is 0.609. The fourth-order valence-electron chi connectivity index (χ4n) is 2.06. The molecule has 5 nitrogen and oxygen atoms in total. The lowest BCUT2D eigenvalue weighted by atomic mass is 9.91. The van der Waals surface area contributed by atoms with E-state index in [0.29, 0.717) is 5.56 Å². The smallest absolute Gasteiger partial charge is 0.342 e. The molecule has 2 heterocycles. The predicted molar refractivity (Wildman–Crippen MR) is 61.6 cm³/mol. The van der Waals surface area contributed by atoms with E-state index in [9.17, 15) is 9.90 Å². The molecule has 0 bridgehead atoms. The Morgan fingerprint density at radius 1 is 1.35 bits per heavy atom. The highest BCUT2D eigenvalue weighted by atomic mass is 16.4. The maximum absolute atomic E-state index is 11.4. The molecule has 84 valence electrons. The van der Waals surface area contributed by atoms with Crippen molar-refractivity contribution in [1.82, 2.24) is 4.98 Å². The molecule has 0 saturated carbocycles. The van der Waals surface area contributed by atoms with Crippen LogP contribution in [0.25, 0.3) is 10.9 Å². The molecular weight excluding hydrogens is 218 g/mol. The second-order valence-electron chi connectivity index (χ2n) is 3.85. The van der Waals surface area contributed by atoms with Gasteiger partial charge in [0.2, 0.25) is 5.54 Å². The van der Waals surface area contributed by atoms with Crippen LogP contribution in [0.5, 0.6) is 0 Å². The van der Waals surface area contributed by atoms with Crippen molar-refractivity contribution < 1.29 is 9.90 Å². The zero-order valence-corrected chi connectivity index (χ0v) is 8.79. The van der Waals surface area contributed by atoms with Gasteiger partial charge in [-0.05, 0) is 12.1 Å². The first-order valence-electron chi connectivity index (χ1n) is 5.14. The van der Waals surface area contributed by atoms with Crippen molar-refractivity contribution in [2.75, 3.05) is 0 Å². The van der Waals surface area contributed by atoms with Crippen molar-refractivity contribution in [2.24, 2.45) is 10.2 Å². The SMILES string of the molecule is O=C(O)C1(c2c[nH]c3ccccc23)C=CN=N1. The minimum atomic E-state index is -1.39. The number of para-hydroxylation sites is 1. The molecule has 3 rings (SSSR count). The Bertz CT molecular complexity index is 643. The number of benzene rings is 1. The molecule has 1 aromatic heterocycles. The van der Waals surface area contributed by atoms with Crippen molar-refractivity contribution in [3.05, 3.63) is 48.3 Å². The molecule has 1 aliphatic heterocycles. The number of H-pyrrole nitrogens is 1. The molecule has 1 aliphatic rings. The van der Waals surface area contributed by atoms with Crippen LogP contribution >= 0.6 is 0 Å². The second kappa shape index (κ2) is 3.28. The Labute approximate surface area is 96.5 Å². The summed E-state index contributed by atoms with van der Waals surface area (Å²) in [5.41, 5.74) is 0.108. The van der Waals surface area contributed by atoms with Crippen LogP contribution in [-0.2, 0) is 10.3 Å². The minimum Gasteiger partial charge on any atom is -0.479 e. The summed E-state index contributed by atoms with van der Waals surface area (Å²) >= 11 is 0. The van der Waals surface area contributed by atoms with E-state index in [1.165, 1.54) is 12.3 Å². The largest absolute Gasteiger partial charge is 0.479 e. The summed E-state index contributed by atoms with van der Waals surface area (Å²) in [5, 5.41) is 17.7. The highest BCUT2D eigenvalue weighted by molar-refractivity contribution is 5.93. The molecule has 2 aromatic rings. The van der Waals surface area contributed by atoms with Gasteiger partial charge in [0.15, 0.2) is 0 Å². The topological polar surface area (TPSA) is 77.8 Å². The fourth-order valence-corrected chi connectivity index (χ4v) is 2.06. The zero-order chi connectivity index (χ0) is 11.9. The number of rotatable bonds is 2. The van der Waals surface area contributed by atoms with Gasteiger partial charge in [-0.3, -0.25) is 0 Å². The van der Waals surface area contributed by atoms with Crippen molar-refractivity contribution in [1.29, 1.82) is 0 Å². The molecular formula is C12H9N3O2. The molecule has 2 N–H and O–H groups in total. The Hall–Kier alpha value is -2.43. The van der Waals surface area contributed by atoms with Gasteiger partial charge in [-0.1, -0.05) is 18.2 Å². The summed E-state index contributed by atoms with van der Waals surface area (Å²) < 4.78 is 0. The lowest BCUT2D eigenvalue weighted by molar-refractivity contribution is -0.141. The normalized spacial score (nSPS) is 22.4. The van der Waals surface area contributed by atoms with Gasteiger partial charge in [0.25, 0.3) is 0 Å². The Morgan fingerprint density at radius 2 is 2.18 bits per heavy atom. The summed E-state index contributed by atoms with van der Waals surface area (Å²) in [6, 6.07) is 7.52. The van der Waals surface area contributed by atoms with Gasteiger partial charge in [-0.25, -0.2) is 4.79 Å². The van der Waals surface area contributed by atoms with Crippen LogP contribution < -0.4 is 0 Å². The number of aliphatic carboxylic acids is 1. The van der Waals surface area contributed by atoms with Crippen LogP contribution in [0.1, 0.15) is 5.56 Å². The number of carboxylic acid groups (broad SMARTS) is 1. The third-order valence-electron chi connectivity index (χ3n) is 2.92. The first kappa shape index (κ1) is 9.77. The lowest BCUT2D eigenvalue weighted by Gasteiger charge is -2.16. The van der Waals surface area contributed by atoms with Gasteiger partial charge in [-0.15, -0.1) is 0 Å². The quantitative estimate of drug-likeness (QED) is 0.826. The molecule has 1 atom stereocenters. The van der Waals surface area contributed by atoms with Gasteiger partial charge in [0.1, 0.15) is 0 Å². The molecule has 5 heteroatoms. The molecule has 0 radical (unpaired) electrons. The maximum Gasteiger partial charge on any atom is 0.342 e. The summed E-state index contributed by atoms with van der Waals surface area (Å²) in [6.07, 6.45) is 4.58. The number of nitrogens with one attached hydrogen (secondary N) is 1. The molecule has 0 saturated heterocycles. The third kappa shape index (κ3) is 1.22. The van der Waals surface area contributed by atoms with Crippen LogP contribution in [0.4, 0.5) is 0 Å². The van der Waals surface area contributed by atoms with Crippen LogP contribution in [0, 0.1) is 0 Å². The Balaban J connectivity index is 2.31. The number of aromatic amines is 1. The number of azo groups is 1. The first-order valence-corrected chi connectivity index (χ1v) is 5.14. The molecule has 0 spiro atoms. The monoisotopic (exact) mass is 227 g/mol. The maximum atomic E-state index is 11.4. The molecule has 1 unspecified atom stereocenters. The number of carbonyl (C=O) groups is 1. The van der Waals surface area contributed by atoms with Gasteiger partial charge < -0.3 is 10.1 Å². The fraction of sp³-hybridized carbons (Fsp3) is 0.0833. The van der Waals surface area contributed by atoms with E-state index >= 15 is 0 Å². The average molecular weight is 227 g/mol. The summed E-state index contributed by atoms with van der Waals surface area (Å²) in [7, 11) is 0. The highest BCUT2D eigenvalue weighted by Gasteiger charge is 2.42. The Kier molecular flexibility index (Phi) is 1.89. The van der Waals surface area contributed by atoms with Crippen LogP contribution in [0.3, 0.4) is 0 Å². The van der Waals surface area contributed by atoms with Crippen LogP contribution in [-0.4, -0.2) is 16.1 Å². The molecule has 0 aliphatic carbocycles. The molecule has 17 heavy (non-hydrogen) atoms. The number of fused-ring (bicyclic) bond motifs is 1. The Morgan fingerprint density at radius 3 is 2.88 bits per heavy atom. The van der Waals surface area contributed by atoms with Crippen LogP contribution in [0.15, 0.2) is 53.0 Å². The molecule has 1 aromatic carbocycles. The van der Waals surface area contributed by atoms with E-state index in [1.54, 1.807) is 6.20 Å². The van der Waals surface area contributed by atoms with E-state index in [4.69, 9.17) is 0 Å². The van der Waals surface area contributed by atoms with Gasteiger partial charge in [0.05, 0.1) is 0 Å². The lowest BCUT2D eigenvalue weighted by Crippen LogP contribution is -2.29. The zero-order valence-electron chi connectivity index (χ0n) is 8.79. The number of nitrogens with zero attached hydrogens (tertiary/aromatic N) is 2. The van der Waals surface area contributed by atoms with Crippen molar-refractivity contribution >= 4 is 16.9 Å². The standard InChI is InChI=1S/C12H9N3O2/c16-11(17)12(5-6-14-15-12)9-7-13-10-4-2-1-3-8(9)10/h1-7,13H,(H,16,17). The number of aromatic nitrogens is 1. The van der Waals surface area contributed by atoms with Crippen LogP contribution in [0.2, 0.25) is 0 Å².